The molecule has 1 aromatic carbocycles. The first-order valence-electron chi connectivity index (χ1n) is 5.57. The minimum Gasteiger partial charge on any atom is -0.507 e. The lowest BCUT2D eigenvalue weighted by Crippen LogP contribution is -2.21. The Kier molecular flexibility index (Phi) is 3.45. The Hall–Kier alpha value is -0.500. The Labute approximate surface area is 107 Å². The average molecular weight is 285 g/mol. The summed E-state index contributed by atoms with van der Waals surface area (Å²) in [6.45, 7) is 13.1. The van der Waals surface area contributed by atoms with Crippen LogP contribution in [0.3, 0.4) is 0 Å². The summed E-state index contributed by atoms with van der Waals surface area (Å²) >= 11 is 3.39. The standard InChI is InChI=1S/C14H21BrO/c1-13(2,3)9-7-11(15)12(16)8-10(9)14(4,5)6/h7-8,16H,1-6H3. The summed E-state index contributed by atoms with van der Waals surface area (Å²) < 4.78 is 0.769. The van der Waals surface area contributed by atoms with Crippen LogP contribution in [0.1, 0.15) is 52.7 Å². The van der Waals surface area contributed by atoms with Crippen LogP contribution in [0.15, 0.2) is 16.6 Å². The first-order chi connectivity index (χ1) is 7.03. The summed E-state index contributed by atoms with van der Waals surface area (Å²) in [6.07, 6.45) is 0. The zero-order chi connectivity index (χ0) is 12.7. The highest BCUT2D eigenvalue weighted by Crippen LogP contribution is 2.39. The third kappa shape index (κ3) is 2.79. The maximum absolute atomic E-state index is 9.81. The van der Waals surface area contributed by atoms with E-state index < -0.39 is 0 Å². The second kappa shape index (κ2) is 4.06. The molecule has 0 bridgehead atoms. The second-order valence-electron chi connectivity index (χ2n) is 6.35. The van der Waals surface area contributed by atoms with Gasteiger partial charge in [0.05, 0.1) is 4.47 Å². The number of phenols is 1. The Morgan fingerprint density at radius 2 is 1.25 bits per heavy atom. The predicted molar refractivity (Wildman–Crippen MR) is 73.2 cm³/mol. The third-order valence-corrected chi connectivity index (χ3v) is 3.34. The van der Waals surface area contributed by atoms with Gasteiger partial charge in [-0.2, -0.15) is 0 Å². The van der Waals surface area contributed by atoms with Crippen molar-refractivity contribution in [3.05, 3.63) is 27.7 Å². The number of halogens is 1. The summed E-state index contributed by atoms with van der Waals surface area (Å²) in [5.41, 5.74) is 2.62. The number of aromatic hydroxyl groups is 1. The third-order valence-electron chi connectivity index (χ3n) is 2.70. The Balaban J connectivity index is 3.53. The van der Waals surface area contributed by atoms with Crippen molar-refractivity contribution in [1.29, 1.82) is 0 Å². The summed E-state index contributed by atoms with van der Waals surface area (Å²) in [5, 5.41) is 9.81. The van der Waals surface area contributed by atoms with Gasteiger partial charge in [-0.25, -0.2) is 0 Å². The minimum absolute atomic E-state index is 0.0425. The van der Waals surface area contributed by atoms with Gasteiger partial charge < -0.3 is 5.11 Å². The molecule has 0 aliphatic heterocycles. The molecule has 0 spiro atoms. The van der Waals surface area contributed by atoms with Crippen LogP contribution in [0.2, 0.25) is 0 Å². The van der Waals surface area contributed by atoms with Gasteiger partial charge in [-0.05, 0) is 50.0 Å². The summed E-state index contributed by atoms with van der Waals surface area (Å²) in [6, 6.07) is 3.92. The first kappa shape index (κ1) is 13.6. The van der Waals surface area contributed by atoms with E-state index in [1.807, 2.05) is 12.1 Å². The summed E-state index contributed by atoms with van der Waals surface area (Å²) in [4.78, 5) is 0. The second-order valence-corrected chi connectivity index (χ2v) is 7.20. The molecule has 1 N–H and O–H groups in total. The monoisotopic (exact) mass is 284 g/mol. The molecule has 0 unspecified atom stereocenters. The fourth-order valence-electron chi connectivity index (χ4n) is 1.80. The molecule has 0 saturated heterocycles. The number of rotatable bonds is 0. The highest BCUT2D eigenvalue weighted by atomic mass is 79.9. The van der Waals surface area contributed by atoms with E-state index in [0.717, 1.165) is 4.47 Å². The van der Waals surface area contributed by atoms with E-state index in [2.05, 4.69) is 57.5 Å². The lowest BCUT2D eigenvalue weighted by atomic mass is 9.75. The van der Waals surface area contributed by atoms with Crippen LogP contribution in [0.25, 0.3) is 0 Å². The van der Waals surface area contributed by atoms with Crippen molar-refractivity contribution in [2.75, 3.05) is 0 Å². The van der Waals surface area contributed by atoms with Crippen LogP contribution in [-0.4, -0.2) is 5.11 Å². The number of hydrogen-bond acceptors (Lipinski definition) is 1. The van der Waals surface area contributed by atoms with Gasteiger partial charge >= 0.3 is 0 Å². The lowest BCUT2D eigenvalue weighted by molar-refractivity contribution is 0.462. The number of benzene rings is 1. The van der Waals surface area contributed by atoms with Gasteiger partial charge in [0, 0.05) is 0 Å². The number of phenolic OH excluding ortho intramolecular Hbond substituents is 1. The van der Waals surface area contributed by atoms with E-state index >= 15 is 0 Å². The van der Waals surface area contributed by atoms with Crippen LogP contribution in [-0.2, 0) is 10.8 Å². The van der Waals surface area contributed by atoms with E-state index in [9.17, 15) is 5.11 Å². The van der Waals surface area contributed by atoms with Crippen molar-refractivity contribution in [2.24, 2.45) is 0 Å². The summed E-state index contributed by atoms with van der Waals surface area (Å²) in [7, 11) is 0. The molecule has 1 nitrogen and oxygen atoms in total. The molecule has 0 aliphatic carbocycles. The molecule has 0 radical (unpaired) electrons. The molecule has 90 valence electrons. The quantitative estimate of drug-likeness (QED) is 0.729. The highest BCUT2D eigenvalue weighted by molar-refractivity contribution is 9.10. The molecule has 0 heterocycles. The molecule has 0 saturated carbocycles. The molecule has 0 amide bonds. The van der Waals surface area contributed by atoms with Crippen LogP contribution >= 0.6 is 15.9 Å². The fraction of sp³-hybridized carbons (Fsp3) is 0.571. The van der Waals surface area contributed by atoms with Gasteiger partial charge in [0.15, 0.2) is 0 Å². The molecule has 0 aromatic heterocycles. The largest absolute Gasteiger partial charge is 0.507 e. The van der Waals surface area contributed by atoms with E-state index in [1.165, 1.54) is 11.1 Å². The van der Waals surface area contributed by atoms with E-state index in [-0.39, 0.29) is 10.8 Å². The minimum atomic E-state index is 0.0425. The average Bonchev–Trinajstić information content (AvgIpc) is 2.05. The van der Waals surface area contributed by atoms with Crippen molar-refractivity contribution >= 4 is 15.9 Å². The Morgan fingerprint density at radius 3 is 1.62 bits per heavy atom. The van der Waals surface area contributed by atoms with E-state index in [0.29, 0.717) is 5.75 Å². The van der Waals surface area contributed by atoms with Crippen molar-refractivity contribution in [1.82, 2.24) is 0 Å². The lowest BCUT2D eigenvalue weighted by Gasteiger charge is -2.30. The Bertz CT molecular complexity index is 355. The summed E-state index contributed by atoms with van der Waals surface area (Å²) in [5.74, 6) is 0.318. The topological polar surface area (TPSA) is 20.2 Å². The zero-order valence-electron chi connectivity index (χ0n) is 11.0. The van der Waals surface area contributed by atoms with Crippen molar-refractivity contribution in [3.63, 3.8) is 0 Å². The van der Waals surface area contributed by atoms with Gasteiger partial charge in [-0.1, -0.05) is 41.5 Å². The smallest absolute Gasteiger partial charge is 0.130 e. The van der Waals surface area contributed by atoms with Crippen LogP contribution in [0.4, 0.5) is 0 Å². The van der Waals surface area contributed by atoms with Crippen molar-refractivity contribution in [2.45, 2.75) is 52.4 Å². The maximum Gasteiger partial charge on any atom is 0.130 e. The number of hydrogen-bond donors (Lipinski definition) is 1. The van der Waals surface area contributed by atoms with Gasteiger partial charge in [0.25, 0.3) is 0 Å². The van der Waals surface area contributed by atoms with Crippen molar-refractivity contribution in [3.8, 4) is 5.75 Å². The first-order valence-corrected chi connectivity index (χ1v) is 6.36. The molecule has 1 aromatic rings. The van der Waals surface area contributed by atoms with Crippen LogP contribution < -0.4 is 0 Å². The molecule has 2 heteroatoms. The van der Waals surface area contributed by atoms with E-state index in [1.54, 1.807) is 0 Å². The van der Waals surface area contributed by atoms with Crippen LogP contribution in [0, 0.1) is 0 Å². The normalized spacial score (nSPS) is 12.9. The molecule has 0 atom stereocenters. The molecule has 16 heavy (non-hydrogen) atoms. The van der Waals surface area contributed by atoms with Crippen LogP contribution in [0.5, 0.6) is 5.75 Å². The highest BCUT2D eigenvalue weighted by Gasteiger charge is 2.26. The zero-order valence-corrected chi connectivity index (χ0v) is 12.6. The van der Waals surface area contributed by atoms with Gasteiger partial charge in [-0.15, -0.1) is 0 Å². The molecule has 1 rings (SSSR count). The molecular formula is C14H21BrO. The predicted octanol–water partition coefficient (Wildman–Crippen LogP) is 4.75. The Morgan fingerprint density at radius 1 is 0.875 bits per heavy atom. The molecular weight excluding hydrogens is 264 g/mol. The van der Waals surface area contributed by atoms with Gasteiger partial charge in [0.2, 0.25) is 0 Å². The fourth-order valence-corrected chi connectivity index (χ4v) is 2.15. The molecule has 0 aliphatic rings. The van der Waals surface area contributed by atoms with E-state index in [4.69, 9.17) is 0 Å². The van der Waals surface area contributed by atoms with Gasteiger partial charge in [-0.3, -0.25) is 0 Å². The maximum atomic E-state index is 9.81. The molecule has 0 fully saturated rings. The SMILES string of the molecule is CC(C)(C)c1cc(O)c(Br)cc1C(C)(C)C. The van der Waals surface area contributed by atoms with Crippen molar-refractivity contribution < 1.29 is 5.11 Å². The van der Waals surface area contributed by atoms with Gasteiger partial charge in [0.1, 0.15) is 5.75 Å².